The van der Waals surface area contributed by atoms with Gasteiger partial charge in [-0.15, -0.1) is 0 Å². The fourth-order valence-corrected chi connectivity index (χ4v) is 5.46. The first-order valence-electron chi connectivity index (χ1n) is 14.2. The number of aliphatic hydroxyl groups is 1. The van der Waals surface area contributed by atoms with Crippen LogP contribution in [0.3, 0.4) is 0 Å². The zero-order valence-corrected chi connectivity index (χ0v) is 24.9. The van der Waals surface area contributed by atoms with E-state index in [0.29, 0.717) is 60.2 Å². The summed E-state index contributed by atoms with van der Waals surface area (Å²) in [5.41, 5.74) is 4.00. The Labute approximate surface area is 254 Å². The zero-order valence-electron chi connectivity index (χ0n) is 23.4. The molecule has 0 fully saturated rings. The average Bonchev–Trinajstić information content (AvgIpc) is 3.60. The van der Waals surface area contributed by atoms with Crippen LogP contribution >= 0.6 is 23.2 Å². The summed E-state index contributed by atoms with van der Waals surface area (Å²) in [4.78, 5) is 38.3. The maximum atomic E-state index is 12.3. The Kier molecular flexibility index (Phi) is 11.3. The molecule has 1 aliphatic heterocycles. The average molecular weight is 618 g/mol. The number of carboxylic acid groups (broad SMARTS) is 1. The number of nitrogens with zero attached hydrogens (tertiary/aromatic N) is 3. The van der Waals surface area contributed by atoms with Gasteiger partial charge in [0.05, 0.1) is 34.2 Å². The molecule has 2 aromatic heterocycles. The molecule has 0 unspecified atom stereocenters. The van der Waals surface area contributed by atoms with Gasteiger partial charge in [-0.3, -0.25) is 14.3 Å². The number of hydrogen-bond acceptors (Lipinski definition) is 5. The molecule has 0 bridgehead atoms. The van der Waals surface area contributed by atoms with Gasteiger partial charge in [-0.2, -0.15) is 9.67 Å². The molecule has 4 N–H and O–H groups in total. The monoisotopic (exact) mass is 616 g/mol. The van der Waals surface area contributed by atoms with Crippen LogP contribution in [0.1, 0.15) is 62.6 Å². The molecule has 0 saturated carbocycles. The third-order valence-corrected chi connectivity index (χ3v) is 8.03. The smallest absolute Gasteiger partial charge is 0.412 e. The normalized spacial score (nSPS) is 13.0. The number of fused-ring (bicyclic) bond motifs is 3. The standard InChI is InChI=1S/C30H35Cl2N5O5/c31-22-17-20(28-21-18-36(26(40)19-38)14-11-23(21)34-30(28)29(22)32)24-12-15-37(35-24)16-13-33-25(39)9-7-5-3-1-2-4-6-8-10-27(41)42/h1,3,12,14-15,17,38H,2,4-11,13,16,18-19H2,(H2-,33,34,35,39,41,42)/p+1/b3-1+. The lowest BCUT2D eigenvalue weighted by Gasteiger charge is -2.10. The van der Waals surface area contributed by atoms with Gasteiger partial charge in [0.2, 0.25) is 5.91 Å². The number of aromatic nitrogens is 3. The van der Waals surface area contributed by atoms with Gasteiger partial charge in [0.1, 0.15) is 0 Å². The van der Waals surface area contributed by atoms with E-state index in [1.165, 1.54) is 4.58 Å². The van der Waals surface area contributed by atoms with Crippen molar-refractivity contribution in [1.29, 1.82) is 0 Å². The molecule has 12 heteroatoms. The largest absolute Gasteiger partial charge is 0.481 e. The number of allylic oxidation sites excluding steroid dienone is 2. The number of rotatable bonds is 15. The minimum Gasteiger partial charge on any atom is -0.481 e. The van der Waals surface area contributed by atoms with Crippen molar-refractivity contribution >= 4 is 58.1 Å². The topological polar surface area (TPSA) is 140 Å². The van der Waals surface area contributed by atoms with E-state index in [4.69, 9.17) is 33.4 Å². The van der Waals surface area contributed by atoms with E-state index in [1.54, 1.807) is 17.0 Å². The summed E-state index contributed by atoms with van der Waals surface area (Å²) < 4.78 is 3.27. The number of H-pyrrole nitrogens is 1. The predicted molar refractivity (Wildman–Crippen MR) is 162 cm³/mol. The molecule has 1 aliphatic rings. The van der Waals surface area contributed by atoms with E-state index >= 15 is 0 Å². The Bertz CT molecular complexity index is 1510. The van der Waals surface area contributed by atoms with Crippen LogP contribution < -0.4 is 5.32 Å². The summed E-state index contributed by atoms with van der Waals surface area (Å²) in [6, 6.07) is 3.66. The first kappa shape index (κ1) is 31.5. The zero-order chi connectivity index (χ0) is 30.1. The molecule has 0 radical (unpaired) electrons. The van der Waals surface area contributed by atoms with Gasteiger partial charge in [0.25, 0.3) is 0 Å². The number of aliphatic hydroxyl groups excluding tert-OH is 1. The van der Waals surface area contributed by atoms with E-state index < -0.39 is 12.6 Å². The fourth-order valence-electron chi connectivity index (χ4n) is 5.06. The van der Waals surface area contributed by atoms with Crippen LogP contribution in [0.4, 0.5) is 0 Å². The molecule has 0 spiro atoms. The highest BCUT2D eigenvalue weighted by atomic mass is 35.5. The molecule has 10 nitrogen and oxygen atoms in total. The number of amides is 2. The highest BCUT2D eigenvalue weighted by molar-refractivity contribution is 6.45. The quantitative estimate of drug-likeness (QED) is 0.109. The van der Waals surface area contributed by atoms with Crippen LogP contribution in [0.25, 0.3) is 22.2 Å². The first-order valence-corrected chi connectivity index (χ1v) is 15.0. The summed E-state index contributed by atoms with van der Waals surface area (Å²) in [6.07, 6.45) is 14.1. The molecule has 3 heterocycles. The van der Waals surface area contributed by atoms with E-state index in [1.807, 2.05) is 12.3 Å². The summed E-state index contributed by atoms with van der Waals surface area (Å²) >= 11 is 13.0. The minimum absolute atomic E-state index is 0.00613. The Hall–Kier alpha value is -3.47. The van der Waals surface area contributed by atoms with Crippen molar-refractivity contribution in [1.82, 2.24) is 20.1 Å². The maximum absolute atomic E-state index is 12.3. The van der Waals surface area contributed by atoms with Crippen molar-refractivity contribution in [3.05, 3.63) is 51.8 Å². The van der Waals surface area contributed by atoms with Gasteiger partial charge in [0.15, 0.2) is 19.4 Å². The lowest BCUT2D eigenvalue weighted by Crippen LogP contribution is -2.28. The van der Waals surface area contributed by atoms with E-state index in [9.17, 15) is 19.5 Å². The Balaban J connectivity index is 1.28. The number of halogens is 2. The molecule has 0 atom stereocenters. The number of carbonyl (C=O) groups is 3. The number of hydrogen-bond donors (Lipinski definition) is 4. The second-order valence-electron chi connectivity index (χ2n) is 10.3. The van der Waals surface area contributed by atoms with E-state index in [0.717, 1.165) is 54.3 Å². The van der Waals surface area contributed by atoms with Crippen molar-refractivity contribution in [2.45, 2.75) is 70.9 Å². The molecule has 2 amide bonds. The van der Waals surface area contributed by atoms with Crippen LogP contribution in [-0.4, -0.2) is 66.7 Å². The molecular formula is C30H36Cl2N5O5+. The fraction of sp³-hybridized carbons (Fsp3) is 0.433. The van der Waals surface area contributed by atoms with Gasteiger partial charge in [0, 0.05) is 47.8 Å². The van der Waals surface area contributed by atoms with Crippen LogP contribution in [0.5, 0.6) is 0 Å². The maximum Gasteiger partial charge on any atom is 0.412 e. The van der Waals surface area contributed by atoms with Crippen molar-refractivity contribution in [3.8, 4) is 11.3 Å². The SMILES string of the molecule is O=C(O)CCCCC/C=C/CCCC(=O)NCCn1ccc(-c2cc(Cl)c(Cl)c3[nH]c4c(c23)C[N+](C(=O)CO)=CC4)n1. The van der Waals surface area contributed by atoms with Gasteiger partial charge in [-0.05, 0) is 44.2 Å². The van der Waals surface area contributed by atoms with Gasteiger partial charge < -0.3 is 20.5 Å². The molecule has 42 heavy (non-hydrogen) atoms. The van der Waals surface area contributed by atoms with Crippen LogP contribution in [0.2, 0.25) is 10.0 Å². The Morgan fingerprint density at radius 2 is 1.90 bits per heavy atom. The van der Waals surface area contributed by atoms with E-state index in [-0.39, 0.29) is 18.2 Å². The molecule has 3 aromatic rings. The van der Waals surface area contributed by atoms with Crippen molar-refractivity contribution in [2.75, 3.05) is 13.2 Å². The molecule has 4 rings (SSSR count). The highest BCUT2D eigenvalue weighted by Gasteiger charge is 2.29. The number of benzene rings is 1. The number of aliphatic carboxylic acids is 1. The molecule has 224 valence electrons. The predicted octanol–water partition coefficient (Wildman–Crippen LogP) is 4.87. The molecule has 1 aromatic carbocycles. The van der Waals surface area contributed by atoms with Gasteiger partial charge in [-0.1, -0.05) is 41.8 Å². The number of carbonyl (C=O) groups excluding carboxylic acids is 2. The van der Waals surface area contributed by atoms with Crippen molar-refractivity contribution in [3.63, 3.8) is 0 Å². The van der Waals surface area contributed by atoms with E-state index in [2.05, 4.69) is 22.5 Å². The molecular weight excluding hydrogens is 581 g/mol. The summed E-state index contributed by atoms with van der Waals surface area (Å²) in [5, 5.41) is 27.2. The van der Waals surface area contributed by atoms with Crippen molar-refractivity contribution < 1.29 is 29.2 Å². The Morgan fingerprint density at radius 1 is 1.12 bits per heavy atom. The van der Waals surface area contributed by atoms with Gasteiger partial charge in [-0.25, -0.2) is 4.79 Å². The van der Waals surface area contributed by atoms with Crippen LogP contribution in [0, 0.1) is 0 Å². The number of unbranched alkanes of at least 4 members (excludes halogenated alkanes) is 4. The summed E-state index contributed by atoms with van der Waals surface area (Å²) in [7, 11) is 0. The lowest BCUT2D eigenvalue weighted by atomic mass is 10.00. The highest BCUT2D eigenvalue weighted by Crippen LogP contribution is 2.41. The Morgan fingerprint density at radius 3 is 2.67 bits per heavy atom. The van der Waals surface area contributed by atoms with Crippen LogP contribution in [0.15, 0.2) is 30.5 Å². The number of nitrogens with one attached hydrogen (secondary N) is 2. The van der Waals surface area contributed by atoms with Gasteiger partial charge >= 0.3 is 11.9 Å². The van der Waals surface area contributed by atoms with Crippen molar-refractivity contribution in [2.24, 2.45) is 0 Å². The third-order valence-electron chi connectivity index (χ3n) is 7.24. The lowest BCUT2D eigenvalue weighted by molar-refractivity contribution is -0.464. The third kappa shape index (κ3) is 8.08. The molecule has 0 aliphatic carbocycles. The minimum atomic E-state index is -0.745. The second-order valence-corrected chi connectivity index (χ2v) is 11.1. The van der Waals surface area contributed by atoms with Crippen LogP contribution in [-0.2, 0) is 33.9 Å². The summed E-state index contributed by atoms with van der Waals surface area (Å²) in [5.74, 6) is -1.13. The number of aromatic amines is 1. The summed E-state index contributed by atoms with van der Waals surface area (Å²) in [6.45, 7) is 0.675. The number of carboxylic acids is 1. The second kappa shape index (κ2) is 15.1. The molecule has 0 saturated heterocycles. The first-order chi connectivity index (χ1) is 20.3.